The third kappa shape index (κ3) is 3.01. The Hall–Kier alpha value is -2.75. The third-order valence-corrected chi connectivity index (χ3v) is 6.86. The highest BCUT2D eigenvalue weighted by molar-refractivity contribution is 7.22. The molecule has 7 nitrogen and oxygen atoms in total. The summed E-state index contributed by atoms with van der Waals surface area (Å²) in [6, 6.07) is 5.58. The van der Waals surface area contributed by atoms with Crippen LogP contribution >= 0.6 is 22.9 Å². The van der Waals surface area contributed by atoms with Crippen LogP contribution in [0.3, 0.4) is 0 Å². The van der Waals surface area contributed by atoms with Crippen molar-refractivity contribution >= 4 is 61.3 Å². The number of carbonyl (C=O) groups is 1. The number of H-pyrrole nitrogens is 1. The quantitative estimate of drug-likeness (QED) is 0.404. The summed E-state index contributed by atoms with van der Waals surface area (Å²) in [5.74, 6) is -0.127. The molecule has 3 heterocycles. The number of hydrogen-bond acceptors (Lipinski definition) is 6. The molecule has 5 rings (SSSR count). The number of anilines is 2. The van der Waals surface area contributed by atoms with Gasteiger partial charge in [0.05, 0.1) is 27.0 Å². The molecule has 1 unspecified atom stereocenters. The molecule has 4 aromatic rings. The molecular formula is C20H18ClFN6OS. The molecule has 1 saturated heterocycles. The Bertz CT molecular complexity index is 1270. The maximum Gasteiger partial charge on any atom is 0.213 e. The number of nitrogens with one attached hydrogen (secondary N) is 2. The molecule has 0 radical (unpaired) electrons. The summed E-state index contributed by atoms with van der Waals surface area (Å²) in [5.41, 5.74) is 8.96. The fourth-order valence-corrected chi connectivity index (χ4v) is 5.26. The first-order valence-electron chi connectivity index (χ1n) is 9.51. The van der Waals surface area contributed by atoms with Crippen LogP contribution in [0, 0.1) is 11.7 Å². The number of benzene rings is 2. The molecule has 0 spiro atoms. The van der Waals surface area contributed by atoms with Gasteiger partial charge in [0.25, 0.3) is 0 Å². The van der Waals surface area contributed by atoms with Crippen LogP contribution in [-0.2, 0) is 4.79 Å². The molecule has 1 fully saturated rings. The van der Waals surface area contributed by atoms with E-state index < -0.39 is 5.82 Å². The van der Waals surface area contributed by atoms with E-state index in [1.807, 2.05) is 23.1 Å². The number of carbonyl (C=O) groups excluding carboxylic acids is 1. The van der Waals surface area contributed by atoms with Gasteiger partial charge in [-0.2, -0.15) is 5.10 Å². The van der Waals surface area contributed by atoms with Gasteiger partial charge in [-0.3, -0.25) is 9.89 Å². The van der Waals surface area contributed by atoms with Gasteiger partial charge in [-0.05, 0) is 36.6 Å². The molecule has 1 aliphatic rings. The van der Waals surface area contributed by atoms with Crippen LogP contribution in [0.4, 0.5) is 15.2 Å². The van der Waals surface area contributed by atoms with Crippen LogP contribution in [0.25, 0.3) is 32.2 Å². The number of aromatic amines is 1. The highest BCUT2D eigenvalue weighted by atomic mass is 35.5. The largest absolute Gasteiger partial charge is 0.367 e. The average Bonchev–Trinajstić information content (AvgIpc) is 3.48. The number of aromatic nitrogens is 3. The summed E-state index contributed by atoms with van der Waals surface area (Å²) < 4.78 is 16.4. The molecular weight excluding hydrogens is 427 g/mol. The summed E-state index contributed by atoms with van der Waals surface area (Å²) in [4.78, 5) is 17.0. The molecule has 30 heavy (non-hydrogen) atoms. The number of fused-ring (bicyclic) bond motifs is 2. The Labute approximate surface area is 180 Å². The third-order valence-electron chi connectivity index (χ3n) is 5.56. The molecule has 1 aliphatic heterocycles. The predicted octanol–water partition coefficient (Wildman–Crippen LogP) is 3.99. The standard InChI is InChI=1S/C20H18ClFN6OS/c21-16-15(11-1-2-13-14(5-11)30-20(26-13)24-9-29)12-7-25-27-18(12)19(17(16)22)28-4-3-10(6-23)8-28/h1-2,5,7,9-10H,3-4,6,8,23H2,(H,25,27)(H,24,26,29). The van der Waals surface area contributed by atoms with E-state index >= 15 is 4.39 Å². The minimum Gasteiger partial charge on any atom is -0.367 e. The smallest absolute Gasteiger partial charge is 0.213 e. The summed E-state index contributed by atoms with van der Waals surface area (Å²) >= 11 is 7.93. The number of halogens is 2. The molecule has 1 amide bonds. The molecule has 2 aromatic carbocycles. The van der Waals surface area contributed by atoms with Crippen molar-refractivity contribution in [2.24, 2.45) is 11.7 Å². The fourth-order valence-electron chi connectivity index (χ4n) is 4.10. The fraction of sp³-hybridized carbons (Fsp3) is 0.250. The summed E-state index contributed by atoms with van der Waals surface area (Å²) in [7, 11) is 0. The lowest BCUT2D eigenvalue weighted by Gasteiger charge is -2.22. The summed E-state index contributed by atoms with van der Waals surface area (Å²) in [5, 5.41) is 11.0. The van der Waals surface area contributed by atoms with Crippen molar-refractivity contribution in [1.82, 2.24) is 15.2 Å². The molecule has 10 heteroatoms. The molecule has 154 valence electrons. The van der Waals surface area contributed by atoms with Crippen LogP contribution in [0.2, 0.25) is 5.02 Å². The molecule has 4 N–H and O–H groups in total. The minimum atomic E-state index is -0.464. The Kier molecular flexibility index (Phi) is 4.80. The highest BCUT2D eigenvalue weighted by Crippen LogP contribution is 2.44. The van der Waals surface area contributed by atoms with E-state index in [0.29, 0.717) is 47.3 Å². The zero-order chi connectivity index (χ0) is 20.8. The second kappa shape index (κ2) is 7.50. The second-order valence-corrected chi connectivity index (χ2v) is 8.72. The highest BCUT2D eigenvalue weighted by Gasteiger charge is 2.29. The normalized spacial score (nSPS) is 16.6. The van der Waals surface area contributed by atoms with Gasteiger partial charge >= 0.3 is 0 Å². The Morgan fingerprint density at radius 3 is 3.10 bits per heavy atom. The van der Waals surface area contributed by atoms with Gasteiger partial charge in [0.1, 0.15) is 5.69 Å². The number of thiazole rings is 1. The van der Waals surface area contributed by atoms with Gasteiger partial charge in [0.15, 0.2) is 10.9 Å². The van der Waals surface area contributed by atoms with E-state index in [9.17, 15) is 4.79 Å². The first-order chi connectivity index (χ1) is 14.6. The minimum absolute atomic E-state index is 0.0604. The van der Waals surface area contributed by atoms with Gasteiger partial charge in [0.2, 0.25) is 6.41 Å². The predicted molar refractivity (Wildman–Crippen MR) is 119 cm³/mol. The first-order valence-corrected chi connectivity index (χ1v) is 10.7. The van der Waals surface area contributed by atoms with Crippen molar-refractivity contribution in [2.75, 3.05) is 29.9 Å². The number of nitrogens with zero attached hydrogens (tertiary/aromatic N) is 3. The molecule has 0 bridgehead atoms. The van der Waals surface area contributed by atoms with Crippen LogP contribution in [0.15, 0.2) is 24.4 Å². The van der Waals surface area contributed by atoms with Crippen molar-refractivity contribution in [3.8, 4) is 11.1 Å². The van der Waals surface area contributed by atoms with Crippen LogP contribution in [0.5, 0.6) is 0 Å². The van der Waals surface area contributed by atoms with Crippen molar-refractivity contribution in [2.45, 2.75) is 6.42 Å². The van der Waals surface area contributed by atoms with Gasteiger partial charge in [-0.15, -0.1) is 0 Å². The van der Waals surface area contributed by atoms with Gasteiger partial charge in [0, 0.05) is 24.0 Å². The van der Waals surface area contributed by atoms with Crippen molar-refractivity contribution in [3.05, 3.63) is 35.2 Å². The number of hydrogen-bond donors (Lipinski definition) is 3. The van der Waals surface area contributed by atoms with Gasteiger partial charge in [-0.25, -0.2) is 9.37 Å². The first kappa shape index (κ1) is 19.2. The average molecular weight is 445 g/mol. The molecule has 1 atom stereocenters. The zero-order valence-corrected chi connectivity index (χ0v) is 17.4. The lowest BCUT2D eigenvalue weighted by molar-refractivity contribution is -0.105. The van der Waals surface area contributed by atoms with Gasteiger partial charge in [-0.1, -0.05) is 29.0 Å². The second-order valence-electron chi connectivity index (χ2n) is 7.31. The Morgan fingerprint density at radius 2 is 2.33 bits per heavy atom. The molecule has 0 saturated carbocycles. The number of rotatable bonds is 5. The maximum atomic E-state index is 15.5. The summed E-state index contributed by atoms with van der Waals surface area (Å²) in [6.45, 7) is 1.99. The number of amides is 1. The van der Waals surface area contributed by atoms with Crippen molar-refractivity contribution in [1.29, 1.82) is 0 Å². The monoisotopic (exact) mass is 444 g/mol. The van der Waals surface area contributed by atoms with E-state index in [1.165, 1.54) is 11.3 Å². The van der Waals surface area contributed by atoms with E-state index in [2.05, 4.69) is 20.5 Å². The van der Waals surface area contributed by atoms with E-state index in [1.54, 1.807) is 6.20 Å². The van der Waals surface area contributed by atoms with Crippen LogP contribution in [0.1, 0.15) is 6.42 Å². The molecule has 0 aliphatic carbocycles. The van der Waals surface area contributed by atoms with E-state index in [0.717, 1.165) is 34.1 Å². The SMILES string of the molecule is NCC1CCN(c2c(F)c(Cl)c(-c3ccc4nc(NC=O)sc4c3)c3cn[nH]c23)C1. The van der Waals surface area contributed by atoms with Crippen LogP contribution < -0.4 is 16.0 Å². The topological polar surface area (TPSA) is 99.9 Å². The van der Waals surface area contributed by atoms with Crippen molar-refractivity contribution < 1.29 is 9.18 Å². The van der Waals surface area contributed by atoms with Crippen molar-refractivity contribution in [3.63, 3.8) is 0 Å². The Morgan fingerprint density at radius 1 is 1.47 bits per heavy atom. The summed E-state index contributed by atoms with van der Waals surface area (Å²) in [6.07, 6.45) is 3.18. The van der Waals surface area contributed by atoms with Crippen LogP contribution in [-0.4, -0.2) is 41.2 Å². The van der Waals surface area contributed by atoms with Gasteiger partial charge < -0.3 is 16.0 Å². The zero-order valence-electron chi connectivity index (χ0n) is 15.8. The Balaban J connectivity index is 1.66. The number of nitrogens with two attached hydrogens (primary N) is 1. The maximum absolute atomic E-state index is 15.5. The lowest BCUT2D eigenvalue weighted by Crippen LogP contribution is -2.24. The molecule has 2 aromatic heterocycles. The van der Waals surface area contributed by atoms with E-state index in [4.69, 9.17) is 17.3 Å². The van der Waals surface area contributed by atoms with E-state index in [-0.39, 0.29) is 5.02 Å². The lowest BCUT2D eigenvalue weighted by atomic mass is 10.00.